The lowest BCUT2D eigenvalue weighted by Gasteiger charge is -2.29. The van der Waals surface area contributed by atoms with Gasteiger partial charge in [-0.25, -0.2) is 0 Å². The van der Waals surface area contributed by atoms with Crippen molar-refractivity contribution >= 4 is 11.6 Å². The number of aliphatic hydroxyl groups excluding tert-OH is 4. The van der Waals surface area contributed by atoms with Gasteiger partial charge in [0.05, 0.1) is 0 Å². The van der Waals surface area contributed by atoms with E-state index in [0.29, 0.717) is 0 Å². The molecule has 0 aromatic rings. The Balaban J connectivity index is 2.83. The lowest BCUT2D eigenvalue weighted by molar-refractivity contribution is -0.0900. The number of halogens is 1. The van der Waals surface area contributed by atoms with Crippen molar-refractivity contribution in [2.75, 3.05) is 0 Å². The summed E-state index contributed by atoms with van der Waals surface area (Å²) in [6, 6.07) is 0. The van der Waals surface area contributed by atoms with Crippen LogP contribution in [0.15, 0.2) is 11.1 Å². The summed E-state index contributed by atoms with van der Waals surface area (Å²) in [5.74, 6) is 0. The number of rotatable bonds is 0. The van der Waals surface area contributed by atoms with Crippen LogP contribution in [-0.4, -0.2) is 44.8 Å². The molecule has 1 aliphatic rings. The van der Waals surface area contributed by atoms with Crippen molar-refractivity contribution in [2.45, 2.75) is 24.4 Å². The standard InChI is InChI=1S/C6H9ClO4/c7-2-1-3(8)5(10)6(11)4(2)9/h1,3-6,8-11H/t3-,4+,5-,6+/m0/s1. The molecule has 0 radical (unpaired) electrons. The van der Waals surface area contributed by atoms with E-state index in [-0.39, 0.29) is 5.03 Å². The summed E-state index contributed by atoms with van der Waals surface area (Å²) in [5, 5.41) is 35.9. The molecule has 1 aliphatic carbocycles. The van der Waals surface area contributed by atoms with Crippen LogP contribution in [-0.2, 0) is 0 Å². The molecule has 0 amide bonds. The molecule has 4 atom stereocenters. The van der Waals surface area contributed by atoms with Crippen LogP contribution in [0.5, 0.6) is 0 Å². The third kappa shape index (κ3) is 1.55. The third-order valence-corrected chi connectivity index (χ3v) is 1.99. The summed E-state index contributed by atoms with van der Waals surface area (Å²) in [5.41, 5.74) is 0. The largest absolute Gasteiger partial charge is 0.387 e. The predicted octanol–water partition coefficient (Wildman–Crippen LogP) is -1.43. The summed E-state index contributed by atoms with van der Waals surface area (Å²) < 4.78 is 0. The third-order valence-electron chi connectivity index (χ3n) is 1.64. The van der Waals surface area contributed by atoms with Crippen LogP contribution in [0.2, 0.25) is 0 Å². The minimum Gasteiger partial charge on any atom is -0.387 e. The van der Waals surface area contributed by atoms with E-state index in [0.717, 1.165) is 6.08 Å². The Morgan fingerprint density at radius 3 is 2.18 bits per heavy atom. The number of hydrogen-bond donors (Lipinski definition) is 4. The molecule has 5 heteroatoms. The Bertz CT molecular complexity index is 181. The Kier molecular flexibility index (Phi) is 2.51. The summed E-state index contributed by atoms with van der Waals surface area (Å²) >= 11 is 5.40. The summed E-state index contributed by atoms with van der Waals surface area (Å²) in [6.45, 7) is 0. The van der Waals surface area contributed by atoms with Gasteiger partial charge >= 0.3 is 0 Å². The summed E-state index contributed by atoms with van der Waals surface area (Å²) in [4.78, 5) is 0. The molecular formula is C6H9ClO4. The molecule has 0 aromatic heterocycles. The van der Waals surface area contributed by atoms with Crippen LogP contribution in [0, 0.1) is 0 Å². The molecule has 11 heavy (non-hydrogen) atoms. The molecule has 0 spiro atoms. The predicted molar refractivity (Wildman–Crippen MR) is 38.0 cm³/mol. The molecule has 0 unspecified atom stereocenters. The van der Waals surface area contributed by atoms with Crippen molar-refractivity contribution in [2.24, 2.45) is 0 Å². The molecule has 0 saturated carbocycles. The van der Waals surface area contributed by atoms with Crippen molar-refractivity contribution in [1.82, 2.24) is 0 Å². The molecule has 0 aliphatic heterocycles. The highest BCUT2D eigenvalue weighted by atomic mass is 35.5. The van der Waals surface area contributed by atoms with Gasteiger partial charge in [0.15, 0.2) is 0 Å². The molecule has 0 fully saturated rings. The molecule has 0 aromatic carbocycles. The smallest absolute Gasteiger partial charge is 0.118 e. The van der Waals surface area contributed by atoms with Crippen molar-refractivity contribution in [3.63, 3.8) is 0 Å². The molecule has 1 rings (SSSR count). The average Bonchev–Trinajstić information content (AvgIpc) is 1.97. The van der Waals surface area contributed by atoms with E-state index in [1.165, 1.54) is 0 Å². The molecular weight excluding hydrogens is 172 g/mol. The lowest BCUT2D eigenvalue weighted by Crippen LogP contribution is -2.47. The van der Waals surface area contributed by atoms with Crippen LogP contribution >= 0.6 is 11.6 Å². The maximum absolute atomic E-state index is 9.01. The van der Waals surface area contributed by atoms with E-state index >= 15 is 0 Å². The van der Waals surface area contributed by atoms with Crippen LogP contribution in [0.3, 0.4) is 0 Å². The highest BCUT2D eigenvalue weighted by molar-refractivity contribution is 6.30. The second-order valence-electron chi connectivity index (χ2n) is 2.47. The zero-order chi connectivity index (χ0) is 8.59. The second kappa shape index (κ2) is 3.08. The van der Waals surface area contributed by atoms with Gasteiger partial charge in [-0.15, -0.1) is 0 Å². The Morgan fingerprint density at radius 1 is 1.09 bits per heavy atom. The Labute approximate surface area is 68.3 Å². The minimum atomic E-state index is -1.41. The summed E-state index contributed by atoms with van der Waals surface area (Å²) in [6.07, 6.45) is -4.19. The monoisotopic (exact) mass is 180 g/mol. The number of aliphatic hydroxyl groups is 4. The Morgan fingerprint density at radius 2 is 1.64 bits per heavy atom. The van der Waals surface area contributed by atoms with Gasteiger partial charge < -0.3 is 20.4 Å². The molecule has 4 nitrogen and oxygen atoms in total. The fraction of sp³-hybridized carbons (Fsp3) is 0.667. The minimum absolute atomic E-state index is 0.0460. The van der Waals surface area contributed by atoms with Crippen LogP contribution in [0.4, 0.5) is 0 Å². The fourth-order valence-corrected chi connectivity index (χ4v) is 1.17. The van der Waals surface area contributed by atoms with E-state index in [9.17, 15) is 0 Å². The van der Waals surface area contributed by atoms with E-state index in [4.69, 9.17) is 32.0 Å². The van der Waals surface area contributed by atoms with Crippen molar-refractivity contribution in [3.8, 4) is 0 Å². The van der Waals surface area contributed by atoms with Gasteiger partial charge in [0.25, 0.3) is 0 Å². The first-order valence-electron chi connectivity index (χ1n) is 3.13. The molecule has 4 N–H and O–H groups in total. The summed E-state index contributed by atoms with van der Waals surface area (Å²) in [7, 11) is 0. The van der Waals surface area contributed by atoms with Crippen LogP contribution < -0.4 is 0 Å². The van der Waals surface area contributed by atoms with Gasteiger partial charge in [-0.05, 0) is 6.08 Å². The molecule has 64 valence electrons. The topological polar surface area (TPSA) is 80.9 Å². The quantitative estimate of drug-likeness (QED) is 0.368. The normalized spacial score (nSPS) is 45.4. The maximum Gasteiger partial charge on any atom is 0.118 e. The van der Waals surface area contributed by atoms with Gasteiger partial charge in [-0.3, -0.25) is 0 Å². The highest BCUT2D eigenvalue weighted by Crippen LogP contribution is 2.22. The second-order valence-corrected chi connectivity index (χ2v) is 2.90. The van der Waals surface area contributed by atoms with E-state index in [1.54, 1.807) is 0 Å². The van der Waals surface area contributed by atoms with Crippen LogP contribution in [0.25, 0.3) is 0 Å². The first kappa shape index (κ1) is 8.96. The number of hydrogen-bond acceptors (Lipinski definition) is 4. The van der Waals surface area contributed by atoms with E-state index < -0.39 is 24.4 Å². The fourth-order valence-electron chi connectivity index (χ4n) is 0.912. The van der Waals surface area contributed by atoms with Gasteiger partial charge in [0.1, 0.15) is 24.4 Å². The van der Waals surface area contributed by atoms with Gasteiger partial charge in [0, 0.05) is 5.03 Å². The van der Waals surface area contributed by atoms with E-state index in [2.05, 4.69) is 0 Å². The first-order valence-corrected chi connectivity index (χ1v) is 3.51. The van der Waals surface area contributed by atoms with Gasteiger partial charge in [0.2, 0.25) is 0 Å². The van der Waals surface area contributed by atoms with Crippen molar-refractivity contribution in [3.05, 3.63) is 11.1 Å². The van der Waals surface area contributed by atoms with Gasteiger partial charge in [-0.1, -0.05) is 11.6 Å². The van der Waals surface area contributed by atoms with Gasteiger partial charge in [-0.2, -0.15) is 0 Å². The SMILES string of the molecule is O[C@@H]1[C@H](O)[C@H](O)C(Cl)=C[C@@H]1O. The molecule has 0 heterocycles. The van der Waals surface area contributed by atoms with Crippen molar-refractivity contribution in [1.29, 1.82) is 0 Å². The average molecular weight is 181 g/mol. The lowest BCUT2D eigenvalue weighted by atomic mass is 9.96. The zero-order valence-electron chi connectivity index (χ0n) is 5.55. The van der Waals surface area contributed by atoms with Crippen LogP contribution in [0.1, 0.15) is 0 Å². The van der Waals surface area contributed by atoms with Crippen molar-refractivity contribution < 1.29 is 20.4 Å². The highest BCUT2D eigenvalue weighted by Gasteiger charge is 2.35. The Hall–Kier alpha value is -0.130. The zero-order valence-corrected chi connectivity index (χ0v) is 6.31. The molecule has 0 saturated heterocycles. The molecule has 0 bridgehead atoms. The maximum atomic E-state index is 9.01. The first-order chi connectivity index (χ1) is 5.04. The van der Waals surface area contributed by atoms with E-state index in [1.807, 2.05) is 0 Å².